The molecule has 0 atom stereocenters. The Balaban J connectivity index is 2.43. The molecule has 0 aromatic carbocycles. The van der Waals surface area contributed by atoms with Crippen molar-refractivity contribution in [3.8, 4) is 0 Å². The first-order valence-electron chi connectivity index (χ1n) is 2.03. The van der Waals surface area contributed by atoms with Crippen LogP contribution in [0.5, 0.6) is 0 Å². The molecule has 0 saturated carbocycles. The van der Waals surface area contributed by atoms with Crippen molar-refractivity contribution in [2.24, 2.45) is 0 Å². The molecule has 1 aliphatic heterocycles. The standard InChI is InChI=1S/C4H6O2S/c5-1-4(6)2-7-3-4/h1,6H,2-3H2. The molecular weight excluding hydrogens is 112 g/mol. The van der Waals surface area contributed by atoms with E-state index in [2.05, 4.69) is 0 Å². The summed E-state index contributed by atoms with van der Waals surface area (Å²) in [5, 5.41) is 8.83. The van der Waals surface area contributed by atoms with E-state index in [1.54, 1.807) is 11.8 Å². The predicted octanol–water partition coefficient (Wildman–Crippen LogP) is -0.337. The number of hydrogen-bond acceptors (Lipinski definition) is 3. The minimum atomic E-state index is -0.954. The summed E-state index contributed by atoms with van der Waals surface area (Å²) in [7, 11) is 0. The molecule has 0 aromatic heterocycles. The van der Waals surface area contributed by atoms with Crippen molar-refractivity contribution >= 4 is 18.0 Å². The highest BCUT2D eigenvalue weighted by Gasteiger charge is 2.34. The lowest BCUT2D eigenvalue weighted by Crippen LogP contribution is -2.44. The zero-order valence-electron chi connectivity index (χ0n) is 3.76. The third-order valence-corrected chi connectivity index (χ3v) is 2.33. The van der Waals surface area contributed by atoms with Crippen molar-refractivity contribution in [3.63, 3.8) is 0 Å². The van der Waals surface area contributed by atoms with Gasteiger partial charge in [0.15, 0.2) is 6.29 Å². The van der Waals surface area contributed by atoms with Crippen molar-refractivity contribution in [1.29, 1.82) is 0 Å². The van der Waals surface area contributed by atoms with Crippen LogP contribution in [-0.4, -0.2) is 28.5 Å². The van der Waals surface area contributed by atoms with Gasteiger partial charge in [-0.05, 0) is 0 Å². The van der Waals surface area contributed by atoms with Gasteiger partial charge in [-0.1, -0.05) is 0 Å². The number of aldehydes is 1. The van der Waals surface area contributed by atoms with E-state index in [0.717, 1.165) is 0 Å². The van der Waals surface area contributed by atoms with Crippen LogP contribution >= 0.6 is 11.8 Å². The Morgan fingerprint density at radius 2 is 2.29 bits per heavy atom. The molecule has 0 unspecified atom stereocenters. The third kappa shape index (κ3) is 0.786. The van der Waals surface area contributed by atoms with Crippen LogP contribution in [0.3, 0.4) is 0 Å². The maximum absolute atomic E-state index is 9.85. The van der Waals surface area contributed by atoms with Gasteiger partial charge in [0.2, 0.25) is 0 Å². The summed E-state index contributed by atoms with van der Waals surface area (Å²) in [5.41, 5.74) is -0.954. The number of carbonyl (C=O) groups is 1. The van der Waals surface area contributed by atoms with Crippen molar-refractivity contribution < 1.29 is 9.90 Å². The molecule has 1 rings (SSSR count). The zero-order chi connectivity index (χ0) is 5.33. The van der Waals surface area contributed by atoms with Crippen molar-refractivity contribution in [2.75, 3.05) is 11.5 Å². The van der Waals surface area contributed by atoms with Crippen LogP contribution in [0.15, 0.2) is 0 Å². The fourth-order valence-electron chi connectivity index (χ4n) is 0.379. The van der Waals surface area contributed by atoms with E-state index >= 15 is 0 Å². The van der Waals surface area contributed by atoms with Gasteiger partial charge in [0.05, 0.1) is 0 Å². The van der Waals surface area contributed by atoms with E-state index in [9.17, 15) is 4.79 Å². The molecule has 0 bridgehead atoms. The minimum absolute atomic E-state index is 0.580. The van der Waals surface area contributed by atoms with Crippen LogP contribution < -0.4 is 0 Å². The molecule has 3 heteroatoms. The highest BCUT2D eigenvalue weighted by Crippen LogP contribution is 2.26. The Morgan fingerprint density at radius 1 is 1.71 bits per heavy atom. The number of rotatable bonds is 1. The molecule has 7 heavy (non-hydrogen) atoms. The maximum Gasteiger partial charge on any atom is 0.153 e. The van der Waals surface area contributed by atoms with Crippen molar-refractivity contribution in [2.45, 2.75) is 5.60 Å². The van der Waals surface area contributed by atoms with Gasteiger partial charge in [-0.25, -0.2) is 0 Å². The van der Waals surface area contributed by atoms with Gasteiger partial charge in [0, 0.05) is 11.5 Å². The lowest BCUT2D eigenvalue weighted by Gasteiger charge is -2.29. The van der Waals surface area contributed by atoms with Crippen LogP contribution in [0.4, 0.5) is 0 Å². The minimum Gasteiger partial charge on any atom is -0.381 e. The Morgan fingerprint density at radius 3 is 2.29 bits per heavy atom. The first-order chi connectivity index (χ1) is 3.27. The topological polar surface area (TPSA) is 37.3 Å². The molecule has 1 fully saturated rings. The Labute approximate surface area is 45.9 Å². The van der Waals surface area contributed by atoms with Gasteiger partial charge in [0.1, 0.15) is 5.60 Å². The highest BCUT2D eigenvalue weighted by molar-refractivity contribution is 8.01. The van der Waals surface area contributed by atoms with E-state index in [4.69, 9.17) is 5.11 Å². The molecule has 0 aliphatic carbocycles. The molecule has 0 radical (unpaired) electrons. The lowest BCUT2D eigenvalue weighted by atomic mass is 10.1. The van der Waals surface area contributed by atoms with E-state index < -0.39 is 5.60 Å². The molecular formula is C4H6O2S. The van der Waals surface area contributed by atoms with Crippen LogP contribution in [0.2, 0.25) is 0 Å². The molecule has 1 aliphatic rings. The van der Waals surface area contributed by atoms with Gasteiger partial charge in [-0.15, -0.1) is 0 Å². The first-order valence-corrected chi connectivity index (χ1v) is 3.19. The van der Waals surface area contributed by atoms with Gasteiger partial charge < -0.3 is 9.90 Å². The van der Waals surface area contributed by atoms with Crippen molar-refractivity contribution in [1.82, 2.24) is 0 Å². The third-order valence-electron chi connectivity index (χ3n) is 0.923. The van der Waals surface area contributed by atoms with E-state index in [-0.39, 0.29) is 0 Å². The SMILES string of the molecule is O=CC1(O)CSC1. The molecule has 1 heterocycles. The molecule has 1 N–H and O–H groups in total. The largest absolute Gasteiger partial charge is 0.381 e. The Bertz CT molecular complexity index is 87.7. The average molecular weight is 118 g/mol. The van der Waals surface area contributed by atoms with Crippen LogP contribution in [0, 0.1) is 0 Å². The van der Waals surface area contributed by atoms with E-state index in [1.807, 2.05) is 0 Å². The Kier molecular flexibility index (Phi) is 1.09. The average Bonchev–Trinajstić information content (AvgIpc) is 1.61. The molecule has 0 spiro atoms. The second kappa shape index (κ2) is 1.49. The van der Waals surface area contributed by atoms with Crippen LogP contribution in [0.1, 0.15) is 0 Å². The number of hydrogen-bond donors (Lipinski definition) is 1. The van der Waals surface area contributed by atoms with E-state index in [1.165, 1.54) is 0 Å². The Hall–Kier alpha value is -0.0200. The highest BCUT2D eigenvalue weighted by atomic mass is 32.2. The summed E-state index contributed by atoms with van der Waals surface area (Å²) < 4.78 is 0. The van der Waals surface area contributed by atoms with E-state index in [0.29, 0.717) is 17.8 Å². The maximum atomic E-state index is 9.85. The second-order valence-electron chi connectivity index (χ2n) is 1.71. The lowest BCUT2D eigenvalue weighted by molar-refractivity contribution is -0.120. The first kappa shape index (κ1) is 5.12. The molecule has 2 nitrogen and oxygen atoms in total. The molecule has 0 amide bonds. The van der Waals surface area contributed by atoms with Gasteiger partial charge in [-0.2, -0.15) is 11.8 Å². The molecule has 0 aromatic rings. The van der Waals surface area contributed by atoms with Crippen molar-refractivity contribution in [3.05, 3.63) is 0 Å². The summed E-state index contributed by atoms with van der Waals surface area (Å²) in [6.07, 6.45) is 0.615. The molecule has 40 valence electrons. The zero-order valence-corrected chi connectivity index (χ0v) is 4.57. The monoisotopic (exact) mass is 118 g/mol. The second-order valence-corrected chi connectivity index (χ2v) is 2.70. The van der Waals surface area contributed by atoms with Gasteiger partial charge >= 0.3 is 0 Å². The summed E-state index contributed by atoms with van der Waals surface area (Å²) in [4.78, 5) is 9.85. The van der Waals surface area contributed by atoms with Crippen LogP contribution in [-0.2, 0) is 4.79 Å². The summed E-state index contributed by atoms with van der Waals surface area (Å²) >= 11 is 1.59. The summed E-state index contributed by atoms with van der Waals surface area (Å²) in [5.74, 6) is 1.16. The number of thioether (sulfide) groups is 1. The summed E-state index contributed by atoms with van der Waals surface area (Å²) in [6.45, 7) is 0. The normalized spacial score (nSPS) is 25.9. The number of aliphatic hydroxyl groups is 1. The van der Waals surface area contributed by atoms with Gasteiger partial charge in [-0.3, -0.25) is 0 Å². The van der Waals surface area contributed by atoms with Crippen LogP contribution in [0.25, 0.3) is 0 Å². The predicted molar refractivity (Wildman–Crippen MR) is 28.3 cm³/mol. The number of carbonyl (C=O) groups excluding carboxylic acids is 1. The fraction of sp³-hybridized carbons (Fsp3) is 0.750. The van der Waals surface area contributed by atoms with Gasteiger partial charge in [0.25, 0.3) is 0 Å². The quantitative estimate of drug-likeness (QED) is 0.479. The summed E-state index contributed by atoms with van der Waals surface area (Å²) in [6, 6.07) is 0. The molecule has 1 saturated heterocycles. The smallest absolute Gasteiger partial charge is 0.153 e. The fourth-order valence-corrected chi connectivity index (χ4v) is 1.14.